The number of epoxide rings is 2. The SMILES string of the molecule is CO[C@@H]1[C@H](OC(=O)N[C@@H](C(=O)NCC(C)(C)CN(C)C)C(C)C)CC[C@]2(CO2)[C@H]1[C@@]1(C)OC1CC=C(C)C. The van der Waals surface area contributed by atoms with Gasteiger partial charge in [0, 0.05) is 20.2 Å². The molecular weight excluding hydrogens is 486 g/mol. The monoisotopic (exact) mass is 537 g/mol. The number of carbonyl (C=O) groups excluding carboxylic acids is 2. The van der Waals surface area contributed by atoms with Crippen LogP contribution in [0.4, 0.5) is 4.79 Å². The molecule has 1 saturated carbocycles. The minimum atomic E-state index is -0.700. The molecule has 218 valence electrons. The molecule has 9 heteroatoms. The molecule has 9 nitrogen and oxygen atoms in total. The van der Waals surface area contributed by atoms with Gasteiger partial charge in [-0.25, -0.2) is 4.79 Å². The summed E-state index contributed by atoms with van der Waals surface area (Å²) in [6.07, 6.45) is 3.10. The van der Waals surface area contributed by atoms with Crippen molar-refractivity contribution in [3.8, 4) is 0 Å². The van der Waals surface area contributed by atoms with Gasteiger partial charge in [0.15, 0.2) is 0 Å². The quantitative estimate of drug-likeness (QED) is 0.290. The molecule has 2 heterocycles. The summed E-state index contributed by atoms with van der Waals surface area (Å²) in [7, 11) is 5.68. The van der Waals surface area contributed by atoms with Crippen molar-refractivity contribution in [2.24, 2.45) is 17.3 Å². The third-order valence-corrected chi connectivity index (χ3v) is 8.20. The summed E-state index contributed by atoms with van der Waals surface area (Å²) in [4.78, 5) is 28.2. The molecule has 3 fully saturated rings. The molecule has 0 aromatic carbocycles. The van der Waals surface area contributed by atoms with Crippen molar-refractivity contribution < 1.29 is 28.5 Å². The predicted molar refractivity (Wildman–Crippen MR) is 147 cm³/mol. The molecule has 0 aromatic heterocycles. The zero-order valence-corrected chi connectivity index (χ0v) is 25.2. The minimum absolute atomic E-state index is 0.0507. The van der Waals surface area contributed by atoms with Crippen molar-refractivity contribution in [2.45, 2.75) is 103 Å². The number of alkyl carbamates (subject to hydrolysis) is 1. The summed E-state index contributed by atoms with van der Waals surface area (Å²) < 4.78 is 24.2. The van der Waals surface area contributed by atoms with E-state index in [0.29, 0.717) is 19.6 Å². The number of methoxy groups -OCH3 is 1. The molecular formula is C29H51N3O6. The molecule has 2 amide bonds. The topological polar surface area (TPSA) is 105 Å². The number of nitrogens with zero attached hydrogens (tertiary/aromatic N) is 1. The Morgan fingerprint density at radius 3 is 2.42 bits per heavy atom. The van der Waals surface area contributed by atoms with Crippen molar-refractivity contribution in [1.82, 2.24) is 15.5 Å². The van der Waals surface area contributed by atoms with Gasteiger partial charge >= 0.3 is 6.09 Å². The number of amides is 2. The molecule has 0 aromatic rings. The minimum Gasteiger partial charge on any atom is -0.443 e. The van der Waals surface area contributed by atoms with Crippen LogP contribution < -0.4 is 10.6 Å². The van der Waals surface area contributed by atoms with E-state index in [1.807, 2.05) is 27.9 Å². The standard InChI is InChI=1S/C29H51N3O6/c1-18(2)11-12-21-28(7,38-21)24-23(35-10)20(13-14-29(24)17-36-29)37-26(34)31-22(19(3)4)25(33)30-15-27(5,6)16-32(8)9/h11,19-24H,12-17H2,1-10H3,(H,30,33)(H,31,34)/t20-,21?,22-,23-,24-,28+,29+/m1/s1. The van der Waals surface area contributed by atoms with Crippen LogP contribution in [0.5, 0.6) is 0 Å². The highest BCUT2D eigenvalue weighted by molar-refractivity contribution is 5.85. The number of hydrogen-bond donors (Lipinski definition) is 2. The number of hydrogen-bond acceptors (Lipinski definition) is 7. The average molecular weight is 538 g/mol. The fourth-order valence-electron chi connectivity index (χ4n) is 6.25. The molecule has 1 aliphatic carbocycles. The van der Waals surface area contributed by atoms with Crippen LogP contribution in [0, 0.1) is 17.3 Å². The lowest BCUT2D eigenvalue weighted by atomic mass is 9.68. The number of carbonyl (C=O) groups is 2. The van der Waals surface area contributed by atoms with Crippen LogP contribution in [-0.4, -0.2) is 93.4 Å². The third kappa shape index (κ3) is 7.29. The van der Waals surface area contributed by atoms with E-state index in [0.717, 1.165) is 19.4 Å². The summed E-state index contributed by atoms with van der Waals surface area (Å²) in [5.41, 5.74) is 0.469. The fraction of sp³-hybridized carbons (Fsp3) is 0.862. The van der Waals surface area contributed by atoms with E-state index in [1.165, 1.54) is 5.57 Å². The van der Waals surface area contributed by atoms with Gasteiger partial charge in [-0.05, 0) is 65.5 Å². The van der Waals surface area contributed by atoms with Gasteiger partial charge in [-0.2, -0.15) is 0 Å². The largest absolute Gasteiger partial charge is 0.443 e. The number of allylic oxidation sites excluding steroid dienone is 1. The Morgan fingerprint density at radius 1 is 1.24 bits per heavy atom. The lowest BCUT2D eigenvalue weighted by Crippen LogP contribution is -2.57. The van der Waals surface area contributed by atoms with Crippen LogP contribution in [-0.2, 0) is 23.7 Å². The molecule has 2 N–H and O–H groups in total. The van der Waals surface area contributed by atoms with Crippen LogP contribution in [0.3, 0.4) is 0 Å². The zero-order valence-electron chi connectivity index (χ0n) is 25.2. The van der Waals surface area contributed by atoms with Crippen LogP contribution in [0.2, 0.25) is 0 Å². The Balaban J connectivity index is 1.64. The van der Waals surface area contributed by atoms with Crippen molar-refractivity contribution in [2.75, 3.05) is 40.9 Å². The summed E-state index contributed by atoms with van der Waals surface area (Å²) in [6, 6.07) is -0.700. The van der Waals surface area contributed by atoms with E-state index in [4.69, 9.17) is 18.9 Å². The third-order valence-electron chi connectivity index (χ3n) is 8.20. The number of ether oxygens (including phenoxy) is 4. The van der Waals surface area contributed by atoms with E-state index in [-0.39, 0.29) is 41.0 Å². The van der Waals surface area contributed by atoms with Crippen LogP contribution in [0.1, 0.15) is 67.7 Å². The molecule has 1 spiro atoms. The summed E-state index contributed by atoms with van der Waals surface area (Å²) >= 11 is 0. The highest BCUT2D eigenvalue weighted by Crippen LogP contribution is 2.59. The van der Waals surface area contributed by atoms with Crippen molar-refractivity contribution in [3.05, 3.63) is 11.6 Å². The normalized spacial score (nSPS) is 33.2. The molecule has 2 aliphatic heterocycles. The molecule has 2 saturated heterocycles. The van der Waals surface area contributed by atoms with Gasteiger partial charge in [-0.15, -0.1) is 0 Å². The molecule has 38 heavy (non-hydrogen) atoms. The van der Waals surface area contributed by atoms with Gasteiger partial charge < -0.3 is 34.5 Å². The van der Waals surface area contributed by atoms with Crippen molar-refractivity contribution >= 4 is 12.0 Å². The first-order valence-electron chi connectivity index (χ1n) is 14.0. The first-order chi connectivity index (χ1) is 17.6. The van der Waals surface area contributed by atoms with Gasteiger partial charge in [0.2, 0.25) is 5.91 Å². The van der Waals surface area contributed by atoms with Crippen molar-refractivity contribution in [1.29, 1.82) is 0 Å². The van der Waals surface area contributed by atoms with E-state index in [2.05, 4.69) is 56.2 Å². The van der Waals surface area contributed by atoms with E-state index in [1.54, 1.807) is 7.11 Å². The molecule has 3 aliphatic rings. The zero-order chi connectivity index (χ0) is 28.5. The lowest BCUT2D eigenvalue weighted by molar-refractivity contribution is -0.126. The van der Waals surface area contributed by atoms with Gasteiger partial charge in [-0.3, -0.25) is 4.79 Å². The maximum absolute atomic E-state index is 13.1. The maximum atomic E-state index is 13.1. The van der Waals surface area contributed by atoms with Crippen molar-refractivity contribution in [3.63, 3.8) is 0 Å². The Morgan fingerprint density at radius 2 is 1.89 bits per heavy atom. The number of rotatable bonds is 12. The second-order valence-corrected chi connectivity index (χ2v) is 13.3. The first-order valence-corrected chi connectivity index (χ1v) is 14.0. The second kappa shape index (κ2) is 11.8. The second-order valence-electron chi connectivity index (χ2n) is 13.3. The van der Waals surface area contributed by atoms with Crippen LogP contribution in [0.25, 0.3) is 0 Å². The Labute approximate surface area is 229 Å². The van der Waals surface area contributed by atoms with Gasteiger partial charge in [0.05, 0.1) is 18.6 Å². The Kier molecular flexibility index (Phi) is 9.60. The molecule has 0 bridgehead atoms. The predicted octanol–water partition coefficient (Wildman–Crippen LogP) is 3.52. The van der Waals surface area contributed by atoms with Gasteiger partial charge in [0.25, 0.3) is 0 Å². The smallest absolute Gasteiger partial charge is 0.408 e. The average Bonchev–Trinajstić information content (AvgIpc) is 3.71. The molecule has 1 unspecified atom stereocenters. The summed E-state index contributed by atoms with van der Waals surface area (Å²) in [5, 5.41) is 5.84. The summed E-state index contributed by atoms with van der Waals surface area (Å²) in [6.45, 7) is 16.3. The van der Waals surface area contributed by atoms with Gasteiger partial charge in [0.1, 0.15) is 29.5 Å². The van der Waals surface area contributed by atoms with E-state index >= 15 is 0 Å². The Bertz CT molecular complexity index is 880. The first kappa shape index (κ1) is 30.9. The lowest BCUT2D eigenvalue weighted by Gasteiger charge is -2.42. The van der Waals surface area contributed by atoms with E-state index in [9.17, 15) is 9.59 Å². The molecule has 3 rings (SSSR count). The van der Waals surface area contributed by atoms with Gasteiger partial charge in [-0.1, -0.05) is 39.3 Å². The molecule has 7 atom stereocenters. The fourth-order valence-corrected chi connectivity index (χ4v) is 6.25. The molecule has 0 radical (unpaired) electrons. The van der Waals surface area contributed by atoms with E-state index < -0.39 is 23.8 Å². The Hall–Kier alpha value is -1.68. The highest BCUT2D eigenvalue weighted by Gasteiger charge is 2.72. The summed E-state index contributed by atoms with van der Waals surface area (Å²) in [5.74, 6) is -0.361. The number of nitrogens with one attached hydrogen (secondary N) is 2. The van der Waals surface area contributed by atoms with Crippen LogP contribution in [0.15, 0.2) is 11.6 Å². The van der Waals surface area contributed by atoms with Crippen LogP contribution >= 0.6 is 0 Å². The highest BCUT2D eigenvalue weighted by atomic mass is 16.6. The maximum Gasteiger partial charge on any atom is 0.408 e.